The quantitative estimate of drug-likeness (QED) is 0.554. The molecule has 0 fully saturated rings. The number of hydrogen-bond donors (Lipinski definition) is 1. The van der Waals surface area contributed by atoms with Gasteiger partial charge in [-0.05, 0) is 29.1 Å². The van der Waals surface area contributed by atoms with Crippen LogP contribution in [0.3, 0.4) is 0 Å². The molecule has 5 heteroatoms. The molecule has 0 bridgehead atoms. The average Bonchev–Trinajstić information content (AvgIpc) is 3.17. The summed E-state index contributed by atoms with van der Waals surface area (Å²) in [5, 5.41) is 15.0. The van der Waals surface area contributed by atoms with E-state index in [1.807, 2.05) is 85.9 Å². The molecule has 134 valence electrons. The summed E-state index contributed by atoms with van der Waals surface area (Å²) in [5.74, 6) is 0. The fraction of sp³-hybridized carbons (Fsp3) is 0.182. The molecule has 0 saturated heterocycles. The molecular formula is C22H21N4O+. The van der Waals surface area contributed by atoms with Crippen molar-refractivity contribution in [1.82, 2.24) is 0 Å². The van der Waals surface area contributed by atoms with E-state index in [1.54, 1.807) is 10.6 Å². The van der Waals surface area contributed by atoms with Crippen LogP contribution in [-0.2, 0) is 0 Å². The van der Waals surface area contributed by atoms with Crippen molar-refractivity contribution in [2.75, 3.05) is 0 Å². The van der Waals surface area contributed by atoms with Gasteiger partial charge in [0.05, 0.1) is 6.04 Å². The van der Waals surface area contributed by atoms with E-state index < -0.39 is 6.10 Å². The van der Waals surface area contributed by atoms with Gasteiger partial charge in [0.1, 0.15) is 12.3 Å². The third-order valence-electron chi connectivity index (χ3n) is 4.60. The number of pyridine rings is 1. The minimum atomic E-state index is -0.617. The first kappa shape index (κ1) is 17.2. The summed E-state index contributed by atoms with van der Waals surface area (Å²) in [6, 6.07) is 23.3. The van der Waals surface area contributed by atoms with Gasteiger partial charge in [-0.3, -0.25) is 4.99 Å². The SMILES string of the molecule is C[C@@H](N=Cc1ccc(C2N=c3cccc[n+]3=N2)cc1)[C@H](O)c1ccccc1. The van der Waals surface area contributed by atoms with Crippen LogP contribution in [0.2, 0.25) is 0 Å². The molecule has 1 aliphatic heterocycles. The predicted molar refractivity (Wildman–Crippen MR) is 103 cm³/mol. The summed E-state index contributed by atoms with van der Waals surface area (Å²) in [4.78, 5) is 9.12. The average molecular weight is 357 g/mol. The van der Waals surface area contributed by atoms with Crippen LogP contribution in [0.1, 0.15) is 35.9 Å². The van der Waals surface area contributed by atoms with Crippen molar-refractivity contribution < 1.29 is 9.47 Å². The van der Waals surface area contributed by atoms with Crippen LogP contribution >= 0.6 is 0 Å². The Kier molecular flexibility index (Phi) is 4.85. The highest BCUT2D eigenvalue weighted by Gasteiger charge is 2.21. The van der Waals surface area contributed by atoms with E-state index in [0.717, 1.165) is 22.2 Å². The molecule has 1 aromatic heterocycles. The van der Waals surface area contributed by atoms with Crippen LogP contribution < -0.4 is 9.85 Å². The first-order chi connectivity index (χ1) is 13.2. The highest BCUT2D eigenvalue weighted by atomic mass is 16.3. The van der Waals surface area contributed by atoms with Gasteiger partial charge in [-0.15, -0.1) is 4.36 Å². The minimum absolute atomic E-state index is 0.211. The Morgan fingerprint density at radius 3 is 2.48 bits per heavy atom. The number of nitrogens with zero attached hydrogens (tertiary/aromatic N) is 4. The molecule has 3 aromatic rings. The Bertz CT molecular complexity index is 1030. The molecule has 5 nitrogen and oxygen atoms in total. The van der Waals surface area contributed by atoms with Gasteiger partial charge in [0.2, 0.25) is 0 Å². The van der Waals surface area contributed by atoms with E-state index in [1.165, 1.54) is 0 Å². The Labute approximate surface area is 157 Å². The van der Waals surface area contributed by atoms with Crippen molar-refractivity contribution in [2.45, 2.75) is 25.2 Å². The smallest absolute Gasteiger partial charge is 0.345 e. The van der Waals surface area contributed by atoms with Crippen molar-refractivity contribution in [3.63, 3.8) is 0 Å². The molecule has 0 amide bonds. The van der Waals surface area contributed by atoms with E-state index >= 15 is 0 Å². The van der Waals surface area contributed by atoms with E-state index in [2.05, 4.69) is 15.1 Å². The maximum atomic E-state index is 10.4. The van der Waals surface area contributed by atoms with Gasteiger partial charge in [-0.2, -0.15) is 0 Å². The number of aliphatic hydroxyl groups is 1. The van der Waals surface area contributed by atoms with Crippen LogP contribution in [0.25, 0.3) is 0 Å². The molecule has 0 saturated carbocycles. The lowest BCUT2D eigenvalue weighted by Gasteiger charge is -2.15. The van der Waals surface area contributed by atoms with Gasteiger partial charge in [0.25, 0.3) is 6.17 Å². The summed E-state index contributed by atoms with van der Waals surface area (Å²) < 4.78 is 1.80. The zero-order valence-corrected chi connectivity index (χ0v) is 15.1. The lowest BCUT2D eigenvalue weighted by molar-refractivity contribution is -0.560. The van der Waals surface area contributed by atoms with Crippen molar-refractivity contribution in [1.29, 1.82) is 0 Å². The van der Waals surface area contributed by atoms with Crippen molar-refractivity contribution in [3.05, 3.63) is 101 Å². The fourth-order valence-electron chi connectivity index (χ4n) is 3.00. The topological polar surface area (TPSA) is 63.2 Å². The third kappa shape index (κ3) is 3.83. The maximum Gasteiger partial charge on any atom is 0.345 e. The Hall–Kier alpha value is -3.18. The third-order valence-corrected chi connectivity index (χ3v) is 4.60. The number of fused-ring (bicyclic) bond motifs is 1. The zero-order valence-electron chi connectivity index (χ0n) is 15.1. The van der Waals surface area contributed by atoms with Crippen molar-refractivity contribution >= 4 is 6.21 Å². The van der Waals surface area contributed by atoms with E-state index in [4.69, 9.17) is 0 Å². The van der Waals surface area contributed by atoms with Gasteiger partial charge in [0, 0.05) is 17.8 Å². The van der Waals surface area contributed by atoms with Crippen LogP contribution in [0, 0.1) is 0 Å². The zero-order chi connectivity index (χ0) is 18.6. The second kappa shape index (κ2) is 7.60. The number of aliphatic hydroxyl groups excluding tert-OH is 1. The number of benzene rings is 2. The van der Waals surface area contributed by atoms with Crippen LogP contribution in [0.15, 0.2) is 94.1 Å². The van der Waals surface area contributed by atoms with Crippen molar-refractivity contribution in [3.8, 4) is 0 Å². The van der Waals surface area contributed by atoms with Crippen LogP contribution in [0.5, 0.6) is 0 Å². The molecule has 3 atom stereocenters. The highest BCUT2D eigenvalue weighted by molar-refractivity contribution is 5.79. The summed E-state index contributed by atoms with van der Waals surface area (Å²) in [6.07, 6.45) is 2.87. The van der Waals surface area contributed by atoms with Gasteiger partial charge in [-0.1, -0.05) is 65.8 Å². The number of rotatable bonds is 5. The monoisotopic (exact) mass is 357 g/mol. The summed E-state index contributed by atoms with van der Waals surface area (Å²) in [7, 11) is 0. The number of aromatic nitrogens is 1. The second-order valence-corrected chi connectivity index (χ2v) is 6.56. The molecule has 0 spiro atoms. The summed E-state index contributed by atoms with van der Waals surface area (Å²) in [5.41, 5.74) is 3.75. The summed E-state index contributed by atoms with van der Waals surface area (Å²) in [6.45, 7) is 1.91. The molecule has 1 N–H and O–H groups in total. The fourth-order valence-corrected chi connectivity index (χ4v) is 3.00. The van der Waals surface area contributed by atoms with Gasteiger partial charge in [-0.25, -0.2) is 0 Å². The van der Waals surface area contributed by atoms with E-state index in [0.29, 0.717) is 0 Å². The lowest BCUT2D eigenvalue weighted by Crippen LogP contribution is -2.32. The van der Waals surface area contributed by atoms with E-state index in [-0.39, 0.29) is 12.2 Å². The maximum absolute atomic E-state index is 10.4. The summed E-state index contributed by atoms with van der Waals surface area (Å²) >= 11 is 0. The Balaban J connectivity index is 1.45. The molecule has 2 heterocycles. The molecular weight excluding hydrogens is 336 g/mol. The molecule has 27 heavy (non-hydrogen) atoms. The molecule has 1 unspecified atom stereocenters. The first-order valence-corrected chi connectivity index (χ1v) is 8.99. The minimum Gasteiger partial charge on any atom is -0.386 e. The van der Waals surface area contributed by atoms with Crippen LogP contribution in [-0.4, -0.2) is 17.4 Å². The highest BCUT2D eigenvalue weighted by Crippen LogP contribution is 2.20. The van der Waals surface area contributed by atoms with Gasteiger partial charge < -0.3 is 5.11 Å². The van der Waals surface area contributed by atoms with E-state index in [9.17, 15) is 5.11 Å². The first-order valence-electron chi connectivity index (χ1n) is 8.99. The largest absolute Gasteiger partial charge is 0.386 e. The molecule has 4 rings (SSSR count). The van der Waals surface area contributed by atoms with Gasteiger partial charge >= 0.3 is 5.49 Å². The Morgan fingerprint density at radius 1 is 1.00 bits per heavy atom. The lowest BCUT2D eigenvalue weighted by atomic mass is 10.0. The second-order valence-electron chi connectivity index (χ2n) is 6.56. The van der Waals surface area contributed by atoms with Crippen LogP contribution in [0.4, 0.5) is 0 Å². The normalized spacial score (nSPS) is 17.8. The Morgan fingerprint density at radius 2 is 1.74 bits per heavy atom. The number of aliphatic imine (C=N–C) groups is 1. The molecule has 0 radical (unpaired) electrons. The molecule has 0 aliphatic carbocycles. The van der Waals surface area contributed by atoms with Gasteiger partial charge in [0.15, 0.2) is 0 Å². The predicted octanol–water partition coefficient (Wildman–Crippen LogP) is 2.88. The number of hydrogen-bond acceptors (Lipinski definition) is 4. The molecule has 2 aromatic carbocycles. The molecule has 1 aliphatic rings. The standard InChI is InChI=1S/C22H21N4O/c1-16(21(27)18-7-3-2-4-8-18)23-15-17-10-12-19(13-11-17)22-24-20-9-5-6-14-26(20)25-22/h2-16,21-22,27H,1H3/q+1/t16-,21+,22?/m1/s1. The van der Waals surface area contributed by atoms with Crippen molar-refractivity contribution in [2.24, 2.45) is 15.1 Å².